The molecule has 0 aromatic rings. The second-order valence-electron chi connectivity index (χ2n) is 5.32. The number of carbonyl (C=O) groups excluding carboxylic acids is 1. The molecule has 0 radical (unpaired) electrons. The van der Waals surface area contributed by atoms with Crippen molar-refractivity contribution in [3.05, 3.63) is 0 Å². The van der Waals surface area contributed by atoms with Crippen molar-refractivity contribution < 1.29 is 9.53 Å². The summed E-state index contributed by atoms with van der Waals surface area (Å²) in [6.45, 7) is 14.5. The van der Waals surface area contributed by atoms with E-state index in [4.69, 9.17) is 4.74 Å². The number of piperidine rings is 1. The van der Waals surface area contributed by atoms with E-state index < -0.39 is 0 Å². The zero-order valence-electron chi connectivity index (χ0n) is 13.0. The van der Waals surface area contributed by atoms with Gasteiger partial charge in [-0.15, -0.1) is 0 Å². The Hall–Kier alpha value is -0.570. The second-order valence-corrected chi connectivity index (χ2v) is 5.32. The lowest BCUT2D eigenvalue weighted by atomic mass is 9.87. The number of likely N-dealkylation sites (tertiary alicyclic amines) is 1. The second kappa shape index (κ2) is 9.37. The average Bonchev–Trinajstić information content (AvgIpc) is 2.38. The molecular weight excluding hydrogens is 226 g/mol. The smallest absolute Gasteiger partial charge is 0.248 e. The van der Waals surface area contributed by atoms with Crippen molar-refractivity contribution >= 4 is 5.91 Å². The third-order valence-electron chi connectivity index (χ3n) is 3.38. The molecule has 0 saturated carbocycles. The van der Waals surface area contributed by atoms with Crippen LogP contribution in [0.4, 0.5) is 0 Å². The van der Waals surface area contributed by atoms with Gasteiger partial charge in [0, 0.05) is 13.1 Å². The maximum atomic E-state index is 11.8. The lowest BCUT2D eigenvalue weighted by Gasteiger charge is -2.34. The van der Waals surface area contributed by atoms with E-state index in [0.29, 0.717) is 0 Å². The molecule has 1 rings (SSSR count). The summed E-state index contributed by atoms with van der Waals surface area (Å²) >= 11 is 0. The molecule has 1 fully saturated rings. The molecule has 0 unspecified atom stereocenters. The number of carbonyl (C=O) groups is 1. The predicted molar refractivity (Wildman–Crippen MR) is 76.6 cm³/mol. The third kappa shape index (κ3) is 6.39. The van der Waals surface area contributed by atoms with E-state index in [0.717, 1.165) is 37.8 Å². The van der Waals surface area contributed by atoms with Crippen LogP contribution in [0.3, 0.4) is 0 Å². The van der Waals surface area contributed by atoms with Crippen molar-refractivity contribution in [3.63, 3.8) is 0 Å². The zero-order chi connectivity index (χ0) is 14.1. The number of nitrogens with zero attached hydrogens (tertiary/aromatic N) is 1. The van der Waals surface area contributed by atoms with E-state index in [-0.39, 0.29) is 18.6 Å². The molecule has 1 saturated heterocycles. The molecule has 0 N–H and O–H groups in total. The minimum atomic E-state index is 0.136. The Morgan fingerprint density at radius 1 is 1.17 bits per heavy atom. The fourth-order valence-electron chi connectivity index (χ4n) is 2.14. The summed E-state index contributed by atoms with van der Waals surface area (Å²) in [5.74, 6) is 1.68. The van der Waals surface area contributed by atoms with Gasteiger partial charge in [0.25, 0.3) is 0 Å². The van der Waals surface area contributed by atoms with E-state index >= 15 is 0 Å². The Bertz CT molecular complexity index is 219. The van der Waals surface area contributed by atoms with Crippen LogP contribution in [0.2, 0.25) is 0 Å². The number of hydrogen-bond donors (Lipinski definition) is 0. The predicted octanol–water partition coefficient (Wildman–Crippen LogP) is 3.33. The third-order valence-corrected chi connectivity index (χ3v) is 3.38. The van der Waals surface area contributed by atoms with Gasteiger partial charge in [-0.25, -0.2) is 0 Å². The topological polar surface area (TPSA) is 29.5 Å². The van der Waals surface area contributed by atoms with Crippen molar-refractivity contribution in [3.8, 4) is 0 Å². The van der Waals surface area contributed by atoms with Crippen LogP contribution in [0.1, 0.15) is 54.4 Å². The largest absolute Gasteiger partial charge is 0.369 e. The Morgan fingerprint density at radius 3 is 2.06 bits per heavy atom. The standard InChI is InChI=1S/C13H25NO2.C2H6/c1-10(2)12-5-7-14(8-6-12)13(15)9-16-11(3)4;1-2/h10-12H,5-9H2,1-4H3;1-2H3. The highest BCUT2D eigenvalue weighted by molar-refractivity contribution is 5.77. The van der Waals surface area contributed by atoms with Gasteiger partial charge in [0.05, 0.1) is 6.10 Å². The highest BCUT2D eigenvalue weighted by Crippen LogP contribution is 2.24. The maximum Gasteiger partial charge on any atom is 0.248 e. The van der Waals surface area contributed by atoms with Gasteiger partial charge in [-0.3, -0.25) is 4.79 Å². The van der Waals surface area contributed by atoms with Crippen molar-refractivity contribution in [1.29, 1.82) is 0 Å². The molecule has 0 atom stereocenters. The van der Waals surface area contributed by atoms with Crippen LogP contribution in [0.25, 0.3) is 0 Å². The molecule has 1 aliphatic rings. The van der Waals surface area contributed by atoms with Crippen LogP contribution in [-0.4, -0.2) is 36.6 Å². The molecular formula is C15H31NO2. The van der Waals surface area contributed by atoms with Crippen molar-refractivity contribution in [2.75, 3.05) is 19.7 Å². The molecule has 0 spiro atoms. The van der Waals surface area contributed by atoms with E-state index in [1.54, 1.807) is 0 Å². The molecule has 0 bridgehead atoms. The first-order valence-electron chi connectivity index (χ1n) is 7.40. The van der Waals surface area contributed by atoms with Crippen LogP contribution in [0.5, 0.6) is 0 Å². The van der Waals surface area contributed by atoms with Crippen LogP contribution in [0.15, 0.2) is 0 Å². The molecule has 0 aromatic heterocycles. The summed E-state index contributed by atoms with van der Waals surface area (Å²) in [7, 11) is 0. The van der Waals surface area contributed by atoms with Crippen LogP contribution < -0.4 is 0 Å². The zero-order valence-corrected chi connectivity index (χ0v) is 13.0. The normalized spacial score (nSPS) is 16.8. The summed E-state index contributed by atoms with van der Waals surface area (Å²) in [6.07, 6.45) is 2.42. The van der Waals surface area contributed by atoms with Crippen LogP contribution in [-0.2, 0) is 9.53 Å². The Kier molecular flexibility index (Phi) is 9.08. The minimum absolute atomic E-state index is 0.136. The molecule has 0 aromatic carbocycles. The van der Waals surface area contributed by atoms with Gasteiger partial charge in [0.2, 0.25) is 5.91 Å². The lowest BCUT2D eigenvalue weighted by molar-refractivity contribution is -0.139. The maximum absolute atomic E-state index is 11.8. The van der Waals surface area contributed by atoms with Gasteiger partial charge < -0.3 is 9.64 Å². The van der Waals surface area contributed by atoms with Crippen molar-refractivity contribution in [1.82, 2.24) is 4.90 Å². The summed E-state index contributed by atoms with van der Waals surface area (Å²) in [6, 6.07) is 0. The van der Waals surface area contributed by atoms with Crippen LogP contribution >= 0.6 is 0 Å². The minimum Gasteiger partial charge on any atom is -0.369 e. The molecule has 3 heteroatoms. The van der Waals surface area contributed by atoms with Gasteiger partial charge in [0.1, 0.15) is 6.61 Å². The number of ether oxygens (including phenoxy) is 1. The summed E-state index contributed by atoms with van der Waals surface area (Å²) < 4.78 is 5.34. The summed E-state index contributed by atoms with van der Waals surface area (Å²) in [5.41, 5.74) is 0. The summed E-state index contributed by atoms with van der Waals surface area (Å²) in [4.78, 5) is 13.7. The molecule has 1 heterocycles. The van der Waals surface area contributed by atoms with E-state index in [1.807, 2.05) is 32.6 Å². The number of rotatable bonds is 4. The summed E-state index contributed by atoms with van der Waals surface area (Å²) in [5, 5.41) is 0. The van der Waals surface area contributed by atoms with Gasteiger partial charge in [-0.05, 0) is 38.5 Å². The lowest BCUT2D eigenvalue weighted by Crippen LogP contribution is -2.41. The van der Waals surface area contributed by atoms with Gasteiger partial charge in [0.15, 0.2) is 0 Å². The number of amides is 1. The van der Waals surface area contributed by atoms with E-state index in [9.17, 15) is 4.79 Å². The van der Waals surface area contributed by atoms with Crippen LogP contribution in [0, 0.1) is 11.8 Å². The molecule has 1 amide bonds. The molecule has 18 heavy (non-hydrogen) atoms. The van der Waals surface area contributed by atoms with E-state index in [1.165, 1.54) is 0 Å². The molecule has 3 nitrogen and oxygen atoms in total. The Labute approximate surface area is 113 Å². The highest BCUT2D eigenvalue weighted by Gasteiger charge is 2.24. The highest BCUT2D eigenvalue weighted by atomic mass is 16.5. The van der Waals surface area contributed by atoms with E-state index in [2.05, 4.69) is 13.8 Å². The fraction of sp³-hybridized carbons (Fsp3) is 0.933. The first kappa shape index (κ1) is 17.4. The monoisotopic (exact) mass is 257 g/mol. The first-order chi connectivity index (χ1) is 8.50. The van der Waals surface area contributed by atoms with Gasteiger partial charge in [-0.1, -0.05) is 27.7 Å². The fourth-order valence-corrected chi connectivity index (χ4v) is 2.14. The number of hydrogen-bond acceptors (Lipinski definition) is 2. The van der Waals surface area contributed by atoms with Crippen molar-refractivity contribution in [2.45, 2.75) is 60.5 Å². The molecule has 1 aliphatic heterocycles. The SMILES string of the molecule is CC.CC(C)OCC(=O)N1CCC(C(C)C)CC1. The van der Waals surface area contributed by atoms with Gasteiger partial charge >= 0.3 is 0 Å². The molecule has 108 valence electrons. The average molecular weight is 257 g/mol. The Balaban J connectivity index is 0.00000137. The Morgan fingerprint density at radius 2 is 1.67 bits per heavy atom. The van der Waals surface area contributed by atoms with Crippen molar-refractivity contribution in [2.24, 2.45) is 11.8 Å². The van der Waals surface area contributed by atoms with Gasteiger partial charge in [-0.2, -0.15) is 0 Å². The molecule has 0 aliphatic carbocycles. The quantitative estimate of drug-likeness (QED) is 0.773. The first-order valence-corrected chi connectivity index (χ1v) is 7.40.